The zero-order valence-electron chi connectivity index (χ0n) is 12.6. The van der Waals surface area contributed by atoms with Crippen molar-refractivity contribution in [2.45, 2.75) is 51.0 Å². The third kappa shape index (κ3) is 3.46. The van der Waals surface area contributed by atoms with E-state index < -0.39 is 15.1 Å². The highest BCUT2D eigenvalue weighted by Gasteiger charge is 2.31. The molecule has 0 saturated carbocycles. The Morgan fingerprint density at radius 2 is 1.81 bits per heavy atom. The van der Waals surface area contributed by atoms with E-state index in [2.05, 4.69) is 20.3 Å². The monoisotopic (exact) mass is 314 g/mol. The fraction of sp³-hybridized carbons (Fsp3) is 0.667. The van der Waals surface area contributed by atoms with E-state index in [1.807, 2.05) is 20.8 Å². The van der Waals surface area contributed by atoms with E-state index in [1.54, 1.807) is 6.92 Å². The zero-order chi connectivity index (χ0) is 15.8. The van der Waals surface area contributed by atoms with Crippen LogP contribution >= 0.6 is 0 Å². The van der Waals surface area contributed by atoms with E-state index in [9.17, 15) is 8.42 Å². The molecular weight excluding hydrogens is 296 g/mol. The van der Waals surface area contributed by atoms with Crippen molar-refractivity contribution in [2.24, 2.45) is 0 Å². The lowest BCUT2D eigenvalue weighted by atomic mass is 9.96. The van der Waals surface area contributed by atoms with Crippen LogP contribution in [0.1, 0.15) is 56.4 Å². The fourth-order valence-electron chi connectivity index (χ4n) is 1.55. The Balaban J connectivity index is 2.19. The zero-order valence-corrected chi connectivity index (χ0v) is 13.4. The van der Waals surface area contributed by atoms with Gasteiger partial charge >= 0.3 is 0 Å². The maximum Gasteiger partial charge on any atom is 0.244 e. The Hall–Kier alpha value is -1.77. The molecule has 0 radical (unpaired) electrons. The van der Waals surface area contributed by atoms with Gasteiger partial charge in [0, 0.05) is 5.41 Å². The van der Waals surface area contributed by atoms with Gasteiger partial charge in [0.25, 0.3) is 0 Å². The summed E-state index contributed by atoms with van der Waals surface area (Å²) in [6, 6.07) is 0. The molecule has 0 N–H and O–H groups in total. The van der Waals surface area contributed by atoms with Crippen molar-refractivity contribution in [3.63, 3.8) is 0 Å². The molecule has 0 bridgehead atoms. The van der Waals surface area contributed by atoms with Gasteiger partial charge in [0.15, 0.2) is 21.5 Å². The summed E-state index contributed by atoms with van der Waals surface area (Å²) in [6.07, 6.45) is 0. The van der Waals surface area contributed by atoms with Crippen LogP contribution < -0.4 is 0 Å². The van der Waals surface area contributed by atoms with Crippen LogP contribution in [0.2, 0.25) is 0 Å². The molecule has 2 aromatic rings. The molecule has 21 heavy (non-hydrogen) atoms. The quantitative estimate of drug-likeness (QED) is 0.838. The first-order valence-corrected chi connectivity index (χ1v) is 8.16. The van der Waals surface area contributed by atoms with Gasteiger partial charge in [0.2, 0.25) is 11.8 Å². The Kier molecular flexibility index (Phi) is 3.87. The molecule has 1 unspecified atom stereocenters. The number of nitrogens with zero attached hydrogens (tertiary/aromatic N) is 4. The molecule has 0 fully saturated rings. The molecule has 0 aliphatic carbocycles. The number of hydrogen-bond acceptors (Lipinski definition) is 8. The van der Waals surface area contributed by atoms with E-state index in [4.69, 9.17) is 9.05 Å². The molecule has 0 aliphatic heterocycles. The average molecular weight is 314 g/mol. The second-order valence-corrected chi connectivity index (χ2v) is 8.21. The van der Waals surface area contributed by atoms with Crippen molar-refractivity contribution >= 4 is 9.84 Å². The lowest BCUT2D eigenvalue weighted by Crippen LogP contribution is -2.15. The second-order valence-electron chi connectivity index (χ2n) is 5.89. The van der Waals surface area contributed by atoms with Gasteiger partial charge in [-0.3, -0.25) is 0 Å². The molecule has 9 heteroatoms. The summed E-state index contributed by atoms with van der Waals surface area (Å²) in [5.74, 6) is 0.610. The molecule has 0 aliphatic rings. The maximum absolute atomic E-state index is 12.3. The van der Waals surface area contributed by atoms with Crippen molar-refractivity contribution in [3.05, 3.63) is 23.4 Å². The molecule has 2 heterocycles. The molecule has 0 spiro atoms. The molecular formula is C12H18N4O4S. The molecule has 8 nitrogen and oxygen atoms in total. The van der Waals surface area contributed by atoms with Gasteiger partial charge in [0.1, 0.15) is 11.0 Å². The van der Waals surface area contributed by atoms with Crippen molar-refractivity contribution in [1.29, 1.82) is 0 Å². The predicted octanol–water partition coefficient (Wildman–Crippen LogP) is 1.73. The van der Waals surface area contributed by atoms with Crippen molar-refractivity contribution in [1.82, 2.24) is 20.3 Å². The van der Waals surface area contributed by atoms with Crippen molar-refractivity contribution in [2.75, 3.05) is 0 Å². The van der Waals surface area contributed by atoms with Gasteiger partial charge in [-0.2, -0.15) is 9.97 Å². The summed E-state index contributed by atoms with van der Waals surface area (Å²) in [5.41, 5.74) is -0.305. The highest BCUT2D eigenvalue weighted by Crippen LogP contribution is 2.25. The molecule has 1 atom stereocenters. The summed E-state index contributed by atoms with van der Waals surface area (Å²) in [4.78, 5) is 8.06. The minimum absolute atomic E-state index is 0.0583. The van der Waals surface area contributed by atoms with Gasteiger partial charge in [0.05, 0.1) is 0 Å². The first-order valence-electron chi connectivity index (χ1n) is 6.44. The highest BCUT2D eigenvalue weighted by atomic mass is 32.2. The standard InChI is InChI=1S/C12H18N4O4S/c1-7(10-13-8(2)15-20-10)21(17,18)6-9-14-11(16-19-9)12(3,4)5/h7H,6H2,1-5H3. The largest absolute Gasteiger partial charge is 0.338 e. The molecule has 0 amide bonds. The Morgan fingerprint density at radius 1 is 1.14 bits per heavy atom. The normalized spacial score (nSPS) is 14.3. The predicted molar refractivity (Wildman–Crippen MR) is 73.1 cm³/mol. The van der Waals surface area contributed by atoms with Crippen LogP contribution in [0.4, 0.5) is 0 Å². The van der Waals surface area contributed by atoms with Crippen LogP contribution in [0.15, 0.2) is 9.05 Å². The first kappa shape index (κ1) is 15.6. The smallest absolute Gasteiger partial charge is 0.244 e. The number of sulfone groups is 1. The third-order valence-electron chi connectivity index (χ3n) is 2.89. The van der Waals surface area contributed by atoms with Crippen LogP contribution in [-0.2, 0) is 21.0 Å². The van der Waals surface area contributed by atoms with Crippen LogP contribution in [-0.4, -0.2) is 28.7 Å². The van der Waals surface area contributed by atoms with E-state index in [-0.39, 0.29) is 22.9 Å². The van der Waals surface area contributed by atoms with Crippen LogP contribution in [0.3, 0.4) is 0 Å². The van der Waals surface area contributed by atoms with Crippen molar-refractivity contribution in [3.8, 4) is 0 Å². The van der Waals surface area contributed by atoms with E-state index in [0.717, 1.165) is 0 Å². The lowest BCUT2D eigenvalue weighted by molar-refractivity contribution is 0.366. The Morgan fingerprint density at radius 3 is 2.29 bits per heavy atom. The average Bonchev–Trinajstić information content (AvgIpc) is 2.96. The number of aromatic nitrogens is 4. The molecule has 2 aromatic heterocycles. The SMILES string of the molecule is Cc1noc(C(C)S(=O)(=O)Cc2nc(C(C)(C)C)no2)n1. The lowest BCUT2D eigenvalue weighted by Gasteiger charge is -2.11. The minimum Gasteiger partial charge on any atom is -0.338 e. The summed E-state index contributed by atoms with van der Waals surface area (Å²) in [6.45, 7) is 8.86. The van der Waals surface area contributed by atoms with Crippen LogP contribution in [0.25, 0.3) is 0 Å². The summed E-state index contributed by atoms with van der Waals surface area (Å²) in [5, 5.41) is 6.47. The molecule has 2 rings (SSSR count). The number of rotatable bonds is 4. The van der Waals surface area contributed by atoms with Crippen LogP contribution in [0.5, 0.6) is 0 Å². The summed E-state index contributed by atoms with van der Waals surface area (Å²) in [7, 11) is -3.58. The van der Waals surface area contributed by atoms with Crippen molar-refractivity contribution < 1.29 is 17.5 Å². The number of aryl methyl sites for hydroxylation is 1. The number of hydrogen-bond donors (Lipinski definition) is 0. The Bertz CT molecular complexity index is 727. The van der Waals surface area contributed by atoms with Gasteiger partial charge in [-0.15, -0.1) is 0 Å². The van der Waals surface area contributed by atoms with Gasteiger partial charge in [-0.25, -0.2) is 8.42 Å². The summed E-state index contributed by atoms with van der Waals surface area (Å²) >= 11 is 0. The van der Waals surface area contributed by atoms with Gasteiger partial charge < -0.3 is 9.05 Å². The first-order chi connectivity index (χ1) is 9.59. The van der Waals surface area contributed by atoms with Gasteiger partial charge in [-0.05, 0) is 13.8 Å². The van der Waals surface area contributed by atoms with E-state index >= 15 is 0 Å². The summed E-state index contributed by atoms with van der Waals surface area (Å²) < 4.78 is 34.5. The highest BCUT2D eigenvalue weighted by molar-refractivity contribution is 7.90. The minimum atomic E-state index is -3.58. The maximum atomic E-state index is 12.3. The third-order valence-corrected chi connectivity index (χ3v) is 4.82. The van der Waals surface area contributed by atoms with Crippen LogP contribution in [0, 0.1) is 6.92 Å². The molecule has 0 saturated heterocycles. The van der Waals surface area contributed by atoms with E-state index in [1.165, 1.54) is 6.92 Å². The molecule has 116 valence electrons. The fourth-order valence-corrected chi connectivity index (χ4v) is 2.66. The van der Waals surface area contributed by atoms with E-state index in [0.29, 0.717) is 11.6 Å². The van der Waals surface area contributed by atoms with Gasteiger partial charge in [-0.1, -0.05) is 31.1 Å². The topological polar surface area (TPSA) is 112 Å². The Labute approximate surface area is 122 Å². The molecule has 0 aromatic carbocycles. The second kappa shape index (κ2) is 5.21.